The first-order valence-electron chi connectivity index (χ1n) is 6.14. The predicted molar refractivity (Wildman–Crippen MR) is 61.0 cm³/mol. The summed E-state index contributed by atoms with van der Waals surface area (Å²) in [4.78, 5) is 13.9. The van der Waals surface area contributed by atoms with Gasteiger partial charge in [0, 0.05) is 32.8 Å². The minimum absolute atomic E-state index is 0.0676. The second-order valence-corrected chi connectivity index (χ2v) is 4.53. The summed E-state index contributed by atoms with van der Waals surface area (Å²) >= 11 is 0. The molecule has 0 radical (unpaired) electrons. The molecular weight excluding hydrogens is 206 g/mol. The van der Waals surface area contributed by atoms with E-state index < -0.39 is 0 Å². The van der Waals surface area contributed by atoms with Crippen molar-refractivity contribution < 1.29 is 9.53 Å². The average molecular weight is 227 g/mol. The zero-order valence-corrected chi connectivity index (χ0v) is 9.65. The average Bonchev–Trinajstić information content (AvgIpc) is 2.71. The number of amides is 1. The van der Waals surface area contributed by atoms with Crippen LogP contribution >= 0.6 is 0 Å². The number of rotatable bonds is 3. The van der Waals surface area contributed by atoms with E-state index in [1.54, 1.807) is 0 Å². The molecule has 0 aliphatic carbocycles. The molecule has 16 heavy (non-hydrogen) atoms. The molecule has 0 aromatic rings. The van der Waals surface area contributed by atoms with Crippen LogP contribution in [-0.4, -0.2) is 55.7 Å². The quantitative estimate of drug-likeness (QED) is 0.670. The van der Waals surface area contributed by atoms with Crippen molar-refractivity contribution in [2.75, 3.05) is 32.8 Å². The number of nitrogens with two attached hydrogens (primary N) is 1. The summed E-state index contributed by atoms with van der Waals surface area (Å²) in [6.07, 6.45) is 3.53. The van der Waals surface area contributed by atoms with Crippen LogP contribution in [0, 0.1) is 0 Å². The minimum Gasteiger partial charge on any atom is -0.377 e. The SMILES string of the molecule is NCC1C(=O)NCCCN1CC1CCCO1. The Balaban J connectivity index is 1.94. The van der Waals surface area contributed by atoms with Gasteiger partial charge in [0.15, 0.2) is 0 Å². The van der Waals surface area contributed by atoms with Crippen LogP contribution in [0.2, 0.25) is 0 Å². The summed E-state index contributed by atoms with van der Waals surface area (Å²) in [6, 6.07) is -0.174. The molecule has 5 nitrogen and oxygen atoms in total. The second kappa shape index (κ2) is 5.61. The number of carbonyl (C=O) groups is 1. The van der Waals surface area contributed by atoms with Crippen LogP contribution in [0.4, 0.5) is 0 Å². The van der Waals surface area contributed by atoms with Gasteiger partial charge >= 0.3 is 0 Å². The molecule has 2 unspecified atom stereocenters. The molecule has 2 fully saturated rings. The van der Waals surface area contributed by atoms with E-state index in [0.29, 0.717) is 12.6 Å². The smallest absolute Gasteiger partial charge is 0.238 e. The molecule has 2 aliphatic heterocycles. The molecule has 0 bridgehead atoms. The molecule has 0 spiro atoms. The fourth-order valence-corrected chi connectivity index (χ4v) is 2.46. The van der Waals surface area contributed by atoms with E-state index in [9.17, 15) is 4.79 Å². The van der Waals surface area contributed by atoms with E-state index in [0.717, 1.165) is 45.5 Å². The monoisotopic (exact) mass is 227 g/mol. The first-order valence-corrected chi connectivity index (χ1v) is 6.14. The lowest BCUT2D eigenvalue weighted by Crippen LogP contribution is -2.50. The topological polar surface area (TPSA) is 67.6 Å². The van der Waals surface area contributed by atoms with Crippen molar-refractivity contribution in [2.24, 2.45) is 5.73 Å². The van der Waals surface area contributed by atoms with Gasteiger partial charge in [-0.05, 0) is 19.3 Å². The lowest BCUT2D eigenvalue weighted by atomic mass is 10.1. The number of carbonyl (C=O) groups excluding carboxylic acids is 1. The summed E-state index contributed by atoms with van der Waals surface area (Å²) in [5.41, 5.74) is 5.68. The predicted octanol–water partition coefficient (Wildman–Crippen LogP) is -0.685. The van der Waals surface area contributed by atoms with E-state index in [1.165, 1.54) is 0 Å². The molecule has 3 N–H and O–H groups in total. The largest absolute Gasteiger partial charge is 0.377 e. The van der Waals surface area contributed by atoms with E-state index in [2.05, 4.69) is 10.2 Å². The first kappa shape index (κ1) is 11.8. The van der Waals surface area contributed by atoms with Gasteiger partial charge in [0.1, 0.15) is 6.04 Å². The molecule has 1 amide bonds. The number of nitrogens with zero attached hydrogens (tertiary/aromatic N) is 1. The van der Waals surface area contributed by atoms with Crippen LogP contribution in [0.1, 0.15) is 19.3 Å². The second-order valence-electron chi connectivity index (χ2n) is 4.53. The summed E-state index contributed by atoms with van der Waals surface area (Å²) in [6.45, 7) is 3.78. The molecule has 0 aromatic carbocycles. The Hall–Kier alpha value is -0.650. The molecule has 2 aliphatic rings. The van der Waals surface area contributed by atoms with Crippen molar-refractivity contribution >= 4 is 5.91 Å². The summed E-state index contributed by atoms with van der Waals surface area (Å²) in [5.74, 6) is 0.0676. The lowest BCUT2D eigenvalue weighted by Gasteiger charge is -2.29. The maximum Gasteiger partial charge on any atom is 0.238 e. The van der Waals surface area contributed by atoms with Crippen LogP contribution in [0.15, 0.2) is 0 Å². The molecule has 92 valence electrons. The third-order valence-electron chi connectivity index (χ3n) is 3.35. The van der Waals surface area contributed by atoms with Gasteiger partial charge in [-0.3, -0.25) is 9.69 Å². The molecule has 2 rings (SSSR count). The van der Waals surface area contributed by atoms with Crippen LogP contribution in [0.3, 0.4) is 0 Å². The summed E-state index contributed by atoms with van der Waals surface area (Å²) < 4.78 is 5.61. The van der Waals surface area contributed by atoms with Gasteiger partial charge in [-0.15, -0.1) is 0 Å². The zero-order chi connectivity index (χ0) is 11.4. The highest BCUT2D eigenvalue weighted by molar-refractivity contribution is 5.82. The van der Waals surface area contributed by atoms with Crippen molar-refractivity contribution in [1.82, 2.24) is 10.2 Å². The molecule has 5 heteroatoms. The highest BCUT2D eigenvalue weighted by Gasteiger charge is 2.29. The Bertz CT molecular complexity index is 241. The Morgan fingerprint density at radius 2 is 2.38 bits per heavy atom. The standard InChI is InChI=1S/C11H21N3O2/c12-7-10-11(15)13-4-2-5-14(10)8-9-3-1-6-16-9/h9-10H,1-8,12H2,(H,13,15). The molecule has 0 saturated carbocycles. The number of hydrogen-bond acceptors (Lipinski definition) is 4. The van der Waals surface area contributed by atoms with Gasteiger partial charge in [0.05, 0.1) is 6.10 Å². The first-order chi connectivity index (χ1) is 7.81. The van der Waals surface area contributed by atoms with Crippen molar-refractivity contribution in [1.29, 1.82) is 0 Å². The van der Waals surface area contributed by atoms with Gasteiger partial charge in [-0.25, -0.2) is 0 Å². The van der Waals surface area contributed by atoms with Crippen LogP contribution in [0.5, 0.6) is 0 Å². The van der Waals surface area contributed by atoms with Crippen LogP contribution in [0.25, 0.3) is 0 Å². The van der Waals surface area contributed by atoms with E-state index in [4.69, 9.17) is 10.5 Å². The number of nitrogens with one attached hydrogen (secondary N) is 1. The highest BCUT2D eigenvalue weighted by atomic mass is 16.5. The van der Waals surface area contributed by atoms with Crippen LogP contribution in [-0.2, 0) is 9.53 Å². The normalized spacial score (nSPS) is 32.4. The Labute approximate surface area is 96.3 Å². The maximum atomic E-state index is 11.8. The summed E-state index contributed by atoms with van der Waals surface area (Å²) in [7, 11) is 0. The van der Waals surface area contributed by atoms with Gasteiger partial charge in [-0.2, -0.15) is 0 Å². The molecule has 0 aromatic heterocycles. The van der Waals surface area contributed by atoms with Gasteiger partial charge in [0.25, 0.3) is 0 Å². The van der Waals surface area contributed by atoms with Crippen molar-refractivity contribution in [3.63, 3.8) is 0 Å². The van der Waals surface area contributed by atoms with E-state index in [-0.39, 0.29) is 11.9 Å². The Kier molecular flexibility index (Phi) is 4.15. The Morgan fingerprint density at radius 1 is 1.50 bits per heavy atom. The fourth-order valence-electron chi connectivity index (χ4n) is 2.46. The molecule has 2 saturated heterocycles. The van der Waals surface area contributed by atoms with E-state index >= 15 is 0 Å². The third kappa shape index (κ3) is 2.72. The Morgan fingerprint density at radius 3 is 3.06 bits per heavy atom. The van der Waals surface area contributed by atoms with Crippen molar-refractivity contribution in [2.45, 2.75) is 31.4 Å². The number of ether oxygens (including phenoxy) is 1. The molecule has 2 heterocycles. The zero-order valence-electron chi connectivity index (χ0n) is 9.65. The number of hydrogen-bond donors (Lipinski definition) is 2. The molecule has 2 atom stereocenters. The van der Waals surface area contributed by atoms with Gasteiger partial charge < -0.3 is 15.8 Å². The fraction of sp³-hybridized carbons (Fsp3) is 0.909. The minimum atomic E-state index is -0.174. The van der Waals surface area contributed by atoms with Gasteiger partial charge in [-0.1, -0.05) is 0 Å². The van der Waals surface area contributed by atoms with Crippen molar-refractivity contribution in [3.8, 4) is 0 Å². The lowest BCUT2D eigenvalue weighted by molar-refractivity contribution is -0.125. The summed E-state index contributed by atoms with van der Waals surface area (Å²) in [5, 5.41) is 2.90. The maximum absolute atomic E-state index is 11.8. The molecular formula is C11H21N3O2. The van der Waals surface area contributed by atoms with E-state index in [1.807, 2.05) is 0 Å². The van der Waals surface area contributed by atoms with Crippen molar-refractivity contribution in [3.05, 3.63) is 0 Å². The highest BCUT2D eigenvalue weighted by Crippen LogP contribution is 2.15. The third-order valence-corrected chi connectivity index (χ3v) is 3.35. The van der Waals surface area contributed by atoms with Crippen LogP contribution < -0.4 is 11.1 Å². The van der Waals surface area contributed by atoms with Gasteiger partial charge in [0.2, 0.25) is 5.91 Å².